The molecule has 5 nitrogen and oxygen atoms in total. The molecule has 1 rings (SSSR count). The van der Waals surface area contributed by atoms with Gasteiger partial charge in [-0.3, -0.25) is 15.4 Å². The van der Waals surface area contributed by atoms with Crippen molar-refractivity contribution in [2.45, 2.75) is 0 Å². The summed E-state index contributed by atoms with van der Waals surface area (Å²) in [6.45, 7) is 0. The second-order valence-corrected chi connectivity index (χ2v) is 3.14. The average Bonchev–Trinajstić information content (AvgIpc) is 2.56. The van der Waals surface area contributed by atoms with Gasteiger partial charge in [0.15, 0.2) is 5.13 Å². The van der Waals surface area contributed by atoms with Crippen LogP contribution in [0, 0.1) is 0 Å². The predicted octanol–water partition coefficient (Wildman–Crippen LogP) is 1.03. The van der Waals surface area contributed by atoms with Gasteiger partial charge < -0.3 is 0 Å². The summed E-state index contributed by atoms with van der Waals surface area (Å²) < 4.78 is 0. The number of urea groups is 1. The molecule has 0 aliphatic rings. The summed E-state index contributed by atoms with van der Waals surface area (Å²) in [7, 11) is 0. The lowest BCUT2D eigenvalue weighted by atomic mass is 10.7. The first-order valence-electron chi connectivity index (χ1n) is 3.28. The summed E-state index contributed by atoms with van der Waals surface area (Å²) >= 11 is 6.43. The molecule has 3 amide bonds. The van der Waals surface area contributed by atoms with Crippen LogP contribution in [0.5, 0.6) is 0 Å². The van der Waals surface area contributed by atoms with Crippen molar-refractivity contribution >= 4 is 40.0 Å². The number of hydrogen-bond acceptors (Lipinski definition) is 4. The van der Waals surface area contributed by atoms with E-state index >= 15 is 0 Å². The Bertz CT molecular complexity index is 301. The highest BCUT2D eigenvalue weighted by Gasteiger charge is 2.06. The average molecular weight is 220 g/mol. The first kappa shape index (κ1) is 9.94. The van der Waals surface area contributed by atoms with E-state index in [0.29, 0.717) is 5.13 Å². The zero-order chi connectivity index (χ0) is 9.68. The van der Waals surface area contributed by atoms with Crippen molar-refractivity contribution in [1.29, 1.82) is 0 Å². The Morgan fingerprint density at radius 1 is 1.62 bits per heavy atom. The van der Waals surface area contributed by atoms with Crippen molar-refractivity contribution in [1.82, 2.24) is 10.3 Å². The third kappa shape index (κ3) is 3.39. The van der Waals surface area contributed by atoms with E-state index in [1.54, 1.807) is 11.6 Å². The van der Waals surface area contributed by atoms with Crippen molar-refractivity contribution in [3.05, 3.63) is 11.6 Å². The number of nitrogens with zero attached hydrogens (tertiary/aromatic N) is 1. The summed E-state index contributed by atoms with van der Waals surface area (Å²) in [5.41, 5.74) is 0. The SMILES string of the molecule is O=C(CCl)NC(=O)Nc1nccs1. The Morgan fingerprint density at radius 3 is 2.92 bits per heavy atom. The molecule has 70 valence electrons. The van der Waals surface area contributed by atoms with Gasteiger partial charge in [-0.05, 0) is 0 Å². The van der Waals surface area contributed by atoms with Crippen LogP contribution in [0.4, 0.5) is 9.93 Å². The van der Waals surface area contributed by atoms with Crippen LogP contribution in [-0.4, -0.2) is 22.8 Å². The molecule has 0 fully saturated rings. The molecule has 0 aromatic carbocycles. The number of thiazole rings is 1. The monoisotopic (exact) mass is 219 g/mol. The summed E-state index contributed by atoms with van der Waals surface area (Å²) in [6.07, 6.45) is 1.55. The maximum atomic E-state index is 10.9. The third-order valence-corrected chi connectivity index (χ3v) is 1.96. The zero-order valence-corrected chi connectivity index (χ0v) is 7.98. The molecule has 2 N–H and O–H groups in total. The highest BCUT2D eigenvalue weighted by Crippen LogP contribution is 2.09. The number of imide groups is 1. The molecule has 0 atom stereocenters. The van der Waals surface area contributed by atoms with Crippen molar-refractivity contribution in [2.24, 2.45) is 0 Å². The van der Waals surface area contributed by atoms with Crippen molar-refractivity contribution in [3.8, 4) is 0 Å². The lowest BCUT2D eigenvalue weighted by molar-refractivity contribution is -0.117. The molecule has 7 heteroatoms. The van der Waals surface area contributed by atoms with Gasteiger partial charge in [0.25, 0.3) is 0 Å². The van der Waals surface area contributed by atoms with Gasteiger partial charge in [-0.2, -0.15) is 0 Å². The van der Waals surface area contributed by atoms with Crippen LogP contribution in [0.3, 0.4) is 0 Å². The number of aromatic nitrogens is 1. The minimum Gasteiger partial charge on any atom is -0.283 e. The number of anilines is 1. The molecule has 1 aromatic rings. The molecule has 0 spiro atoms. The fourth-order valence-corrected chi connectivity index (χ4v) is 1.16. The Morgan fingerprint density at radius 2 is 2.38 bits per heavy atom. The second-order valence-electron chi connectivity index (χ2n) is 1.97. The summed E-state index contributed by atoms with van der Waals surface area (Å²) in [5, 5.41) is 6.52. The van der Waals surface area contributed by atoms with Crippen LogP contribution < -0.4 is 10.6 Å². The molecule has 0 saturated carbocycles. The molecule has 0 radical (unpaired) electrons. The van der Waals surface area contributed by atoms with Crippen molar-refractivity contribution in [3.63, 3.8) is 0 Å². The smallest absolute Gasteiger partial charge is 0.283 e. The maximum absolute atomic E-state index is 10.9. The fraction of sp³-hybridized carbons (Fsp3) is 0.167. The van der Waals surface area contributed by atoms with Gasteiger partial charge in [0.05, 0.1) is 0 Å². The fourth-order valence-electron chi connectivity index (χ4n) is 0.574. The number of halogens is 1. The van der Waals surface area contributed by atoms with Gasteiger partial charge in [0, 0.05) is 11.6 Å². The van der Waals surface area contributed by atoms with E-state index in [-0.39, 0.29) is 5.88 Å². The molecule has 1 heterocycles. The van der Waals surface area contributed by atoms with E-state index < -0.39 is 11.9 Å². The van der Waals surface area contributed by atoms with E-state index in [9.17, 15) is 9.59 Å². The maximum Gasteiger partial charge on any atom is 0.327 e. The van der Waals surface area contributed by atoms with E-state index in [1.165, 1.54) is 11.3 Å². The molecule has 13 heavy (non-hydrogen) atoms. The van der Waals surface area contributed by atoms with Gasteiger partial charge in [-0.25, -0.2) is 9.78 Å². The lowest BCUT2D eigenvalue weighted by Gasteiger charge is -2.00. The van der Waals surface area contributed by atoms with Crippen LogP contribution in [0.2, 0.25) is 0 Å². The van der Waals surface area contributed by atoms with Gasteiger partial charge in [0.2, 0.25) is 5.91 Å². The molecule has 0 unspecified atom stereocenters. The molecular formula is C6H6ClN3O2S. The molecule has 0 saturated heterocycles. The van der Waals surface area contributed by atoms with Gasteiger partial charge in [-0.15, -0.1) is 22.9 Å². The number of nitrogens with one attached hydrogen (secondary N) is 2. The van der Waals surface area contributed by atoms with E-state index in [1.807, 2.05) is 5.32 Å². The number of alkyl halides is 1. The van der Waals surface area contributed by atoms with E-state index in [0.717, 1.165) is 0 Å². The molecular weight excluding hydrogens is 214 g/mol. The minimum atomic E-state index is -0.624. The normalized spacial score (nSPS) is 9.31. The first-order chi connectivity index (χ1) is 6.22. The number of rotatable bonds is 2. The summed E-state index contributed by atoms with van der Waals surface area (Å²) in [4.78, 5) is 25.4. The first-order valence-corrected chi connectivity index (χ1v) is 4.70. The Balaban J connectivity index is 2.38. The van der Waals surface area contributed by atoms with Crippen molar-refractivity contribution in [2.75, 3.05) is 11.2 Å². The largest absolute Gasteiger partial charge is 0.327 e. The Hall–Kier alpha value is -1.14. The predicted molar refractivity (Wildman–Crippen MR) is 50.0 cm³/mol. The second kappa shape index (κ2) is 4.78. The zero-order valence-electron chi connectivity index (χ0n) is 6.41. The van der Waals surface area contributed by atoms with Gasteiger partial charge in [-0.1, -0.05) is 0 Å². The number of carbonyl (C=O) groups is 2. The molecule has 1 aromatic heterocycles. The van der Waals surface area contributed by atoms with E-state index in [2.05, 4.69) is 10.3 Å². The van der Waals surface area contributed by atoms with Crippen LogP contribution in [-0.2, 0) is 4.79 Å². The summed E-state index contributed by atoms with van der Waals surface area (Å²) in [5.74, 6) is -0.790. The third-order valence-electron chi connectivity index (χ3n) is 1.03. The van der Waals surface area contributed by atoms with Crippen LogP contribution in [0.15, 0.2) is 11.6 Å². The molecule has 0 bridgehead atoms. The topological polar surface area (TPSA) is 71.1 Å². The van der Waals surface area contributed by atoms with Crippen LogP contribution >= 0.6 is 22.9 Å². The van der Waals surface area contributed by atoms with Crippen molar-refractivity contribution < 1.29 is 9.59 Å². The quantitative estimate of drug-likeness (QED) is 0.730. The number of hydrogen-bond donors (Lipinski definition) is 2. The molecule has 0 aliphatic carbocycles. The number of carbonyl (C=O) groups excluding carboxylic acids is 2. The molecule has 0 aliphatic heterocycles. The highest BCUT2D eigenvalue weighted by atomic mass is 35.5. The van der Waals surface area contributed by atoms with Crippen LogP contribution in [0.25, 0.3) is 0 Å². The Kier molecular flexibility index (Phi) is 3.66. The number of amides is 3. The van der Waals surface area contributed by atoms with Gasteiger partial charge >= 0.3 is 6.03 Å². The lowest BCUT2D eigenvalue weighted by Crippen LogP contribution is -2.34. The summed E-state index contributed by atoms with van der Waals surface area (Å²) in [6, 6.07) is -0.624. The van der Waals surface area contributed by atoms with Crippen LogP contribution in [0.1, 0.15) is 0 Å². The van der Waals surface area contributed by atoms with E-state index in [4.69, 9.17) is 11.6 Å². The highest BCUT2D eigenvalue weighted by molar-refractivity contribution is 7.13. The Labute approximate surface area is 83.1 Å². The van der Waals surface area contributed by atoms with Gasteiger partial charge in [0.1, 0.15) is 5.88 Å². The minimum absolute atomic E-state index is 0.245. The standard InChI is InChI=1S/C6H6ClN3O2S/c7-3-4(11)9-5(12)10-6-8-1-2-13-6/h1-2H,3H2,(H2,8,9,10,11,12).